The number of nitrogens with one attached hydrogen (secondary N) is 2. The molecule has 0 fully saturated rings. The summed E-state index contributed by atoms with van der Waals surface area (Å²) >= 11 is 3.52. The zero-order chi connectivity index (χ0) is 18.6. The summed E-state index contributed by atoms with van der Waals surface area (Å²) in [4.78, 5) is 39.4. The van der Waals surface area contributed by atoms with Crippen molar-refractivity contribution in [3.63, 3.8) is 0 Å². The Balaban J connectivity index is 2.41. The number of H-pyrrole nitrogens is 2. The number of nitrogens with zero attached hydrogens (tertiary/aromatic N) is 2. The number of halogens is 1. The first kappa shape index (κ1) is 18.7. The lowest BCUT2D eigenvalue weighted by Crippen LogP contribution is -2.25. The van der Waals surface area contributed by atoms with Gasteiger partial charge in [-0.15, -0.1) is 0 Å². The molecule has 8 nitrogen and oxygen atoms in total. The van der Waals surface area contributed by atoms with Crippen molar-refractivity contribution in [1.82, 2.24) is 9.97 Å². The highest BCUT2D eigenvalue weighted by molar-refractivity contribution is 9.10. The van der Waals surface area contributed by atoms with Gasteiger partial charge in [-0.1, -0.05) is 12.1 Å². The predicted octanol–water partition coefficient (Wildman–Crippen LogP) is 2.75. The van der Waals surface area contributed by atoms with Crippen LogP contribution in [0.15, 0.2) is 32.3 Å². The Labute approximate surface area is 151 Å². The number of hydrogen-bond donors (Lipinski definition) is 2. The van der Waals surface area contributed by atoms with Crippen LogP contribution < -0.4 is 16.1 Å². The maximum absolute atomic E-state index is 11.6. The average Bonchev–Trinajstić information content (AvgIpc) is 2.54. The Bertz CT molecular complexity index is 928. The summed E-state index contributed by atoms with van der Waals surface area (Å²) in [6.45, 7) is 5.85. The monoisotopic (exact) mass is 408 g/mol. The molecule has 0 aliphatic rings. The molecule has 1 heterocycles. The Morgan fingerprint density at radius 3 is 2.44 bits per heavy atom. The highest BCUT2D eigenvalue weighted by Gasteiger charge is 2.18. The minimum absolute atomic E-state index is 0.150. The fourth-order valence-electron chi connectivity index (χ4n) is 2.43. The topological polar surface area (TPSA) is 112 Å². The molecule has 2 rings (SSSR count). The van der Waals surface area contributed by atoms with Crippen LogP contribution in [0.4, 0.5) is 11.4 Å². The van der Waals surface area contributed by atoms with Crippen LogP contribution in [0.1, 0.15) is 25.1 Å². The Hall–Kier alpha value is -2.68. The molecule has 0 amide bonds. The summed E-state index contributed by atoms with van der Waals surface area (Å²) in [5, 5.41) is 11.0. The van der Waals surface area contributed by atoms with Crippen molar-refractivity contribution in [2.24, 2.45) is 0 Å². The van der Waals surface area contributed by atoms with E-state index < -0.39 is 21.9 Å². The van der Waals surface area contributed by atoms with Crippen LogP contribution in [0.2, 0.25) is 0 Å². The molecule has 2 N–H and O–H groups in total. The van der Waals surface area contributed by atoms with Gasteiger partial charge in [0, 0.05) is 17.6 Å². The maximum atomic E-state index is 11.6. The van der Waals surface area contributed by atoms with Crippen LogP contribution in [0.5, 0.6) is 0 Å². The first-order valence-electron chi connectivity index (χ1n) is 7.60. The normalized spacial score (nSPS) is 11.0. The molecule has 0 atom stereocenters. The quantitative estimate of drug-likeness (QED) is 0.563. The van der Waals surface area contributed by atoms with Crippen LogP contribution >= 0.6 is 15.9 Å². The second-order valence-corrected chi connectivity index (χ2v) is 6.00. The molecule has 0 aliphatic carbocycles. The van der Waals surface area contributed by atoms with E-state index in [2.05, 4.69) is 39.7 Å². The molecule has 0 bridgehead atoms. The number of aromatic nitrogens is 2. The second kappa shape index (κ2) is 7.93. The van der Waals surface area contributed by atoms with E-state index in [4.69, 9.17) is 0 Å². The van der Waals surface area contributed by atoms with Crippen molar-refractivity contribution in [3.8, 4) is 0 Å². The Morgan fingerprint density at radius 1 is 1.20 bits per heavy atom. The molecular formula is C16H17BrN4O4. The van der Waals surface area contributed by atoms with Gasteiger partial charge < -0.3 is 9.88 Å². The van der Waals surface area contributed by atoms with E-state index in [1.165, 1.54) is 6.08 Å². The number of aromatic amines is 2. The van der Waals surface area contributed by atoms with Gasteiger partial charge in [-0.2, -0.15) is 0 Å². The number of benzene rings is 1. The van der Waals surface area contributed by atoms with E-state index >= 15 is 0 Å². The molecule has 132 valence electrons. The van der Waals surface area contributed by atoms with E-state index in [9.17, 15) is 19.7 Å². The lowest BCUT2D eigenvalue weighted by molar-refractivity contribution is -0.386. The standard InChI is InChI=1S/C16H17BrN4O4/c1-3-20(4-2)13-8-6-10(9-11(13)17)5-7-12-14(21(24)25)15(22)19-16(23)18-12/h5-9H,3-4H2,1-2H3,(H2,18,19,22,23)/b7-5+. The zero-order valence-electron chi connectivity index (χ0n) is 13.7. The third-order valence-electron chi connectivity index (χ3n) is 3.65. The molecule has 9 heteroatoms. The van der Waals surface area contributed by atoms with Crippen LogP contribution in [0.3, 0.4) is 0 Å². The van der Waals surface area contributed by atoms with Crippen LogP contribution in [-0.4, -0.2) is 28.0 Å². The lowest BCUT2D eigenvalue weighted by atomic mass is 10.1. The fraction of sp³-hybridized carbons (Fsp3) is 0.250. The number of hydrogen-bond acceptors (Lipinski definition) is 5. The van der Waals surface area contributed by atoms with E-state index in [1.807, 2.05) is 23.2 Å². The molecule has 1 aromatic carbocycles. The number of rotatable bonds is 6. The van der Waals surface area contributed by atoms with Gasteiger partial charge in [0.15, 0.2) is 0 Å². The third kappa shape index (κ3) is 4.24. The fourth-order valence-corrected chi connectivity index (χ4v) is 3.07. The van der Waals surface area contributed by atoms with Gasteiger partial charge in [-0.25, -0.2) is 4.79 Å². The molecule has 25 heavy (non-hydrogen) atoms. The number of nitro groups is 1. The minimum atomic E-state index is -1.04. The maximum Gasteiger partial charge on any atom is 0.357 e. The van der Waals surface area contributed by atoms with Crippen molar-refractivity contribution in [2.45, 2.75) is 13.8 Å². The van der Waals surface area contributed by atoms with E-state index in [1.54, 1.807) is 6.08 Å². The zero-order valence-corrected chi connectivity index (χ0v) is 15.3. The molecule has 0 unspecified atom stereocenters. The van der Waals surface area contributed by atoms with Crippen molar-refractivity contribution in [2.75, 3.05) is 18.0 Å². The van der Waals surface area contributed by atoms with E-state index in [0.29, 0.717) is 0 Å². The summed E-state index contributed by atoms with van der Waals surface area (Å²) in [5.74, 6) is 0. The smallest absolute Gasteiger partial charge is 0.357 e. The predicted molar refractivity (Wildman–Crippen MR) is 101 cm³/mol. The van der Waals surface area contributed by atoms with E-state index in [-0.39, 0.29) is 5.69 Å². The summed E-state index contributed by atoms with van der Waals surface area (Å²) in [6, 6.07) is 5.65. The molecule has 0 saturated carbocycles. The Kier molecular flexibility index (Phi) is 5.92. The SMILES string of the molecule is CCN(CC)c1ccc(/C=C/c2[nH]c(=O)[nH]c(=O)c2[N+](=O)[O-])cc1Br. The van der Waals surface area contributed by atoms with Gasteiger partial charge in [-0.3, -0.25) is 19.9 Å². The molecule has 2 aromatic rings. The second-order valence-electron chi connectivity index (χ2n) is 5.14. The van der Waals surface area contributed by atoms with Crippen LogP contribution in [0, 0.1) is 10.1 Å². The van der Waals surface area contributed by atoms with Gasteiger partial charge in [0.05, 0.1) is 10.6 Å². The van der Waals surface area contributed by atoms with Crippen LogP contribution in [0.25, 0.3) is 12.2 Å². The third-order valence-corrected chi connectivity index (χ3v) is 4.28. The lowest BCUT2D eigenvalue weighted by Gasteiger charge is -2.22. The van der Waals surface area contributed by atoms with Gasteiger partial charge in [-0.05, 0) is 53.5 Å². The molecule has 1 aromatic heterocycles. The van der Waals surface area contributed by atoms with Crippen molar-refractivity contribution < 1.29 is 4.92 Å². The van der Waals surface area contributed by atoms with Crippen molar-refractivity contribution in [3.05, 3.63) is 64.9 Å². The minimum Gasteiger partial charge on any atom is -0.371 e. The van der Waals surface area contributed by atoms with Gasteiger partial charge in [0.25, 0.3) is 0 Å². The van der Waals surface area contributed by atoms with Gasteiger partial charge in [0.1, 0.15) is 5.69 Å². The molecule has 0 saturated heterocycles. The van der Waals surface area contributed by atoms with Crippen molar-refractivity contribution >= 4 is 39.5 Å². The first-order chi connectivity index (χ1) is 11.9. The summed E-state index contributed by atoms with van der Waals surface area (Å²) in [6.07, 6.45) is 2.93. The first-order valence-corrected chi connectivity index (χ1v) is 8.40. The Morgan fingerprint density at radius 2 is 1.88 bits per heavy atom. The number of anilines is 1. The highest BCUT2D eigenvalue weighted by Crippen LogP contribution is 2.28. The molecule has 0 spiro atoms. The average molecular weight is 409 g/mol. The molecule has 0 aliphatic heterocycles. The summed E-state index contributed by atoms with van der Waals surface area (Å²) in [5.41, 5.74) is -0.881. The summed E-state index contributed by atoms with van der Waals surface area (Å²) < 4.78 is 0.882. The van der Waals surface area contributed by atoms with E-state index in [0.717, 1.165) is 28.8 Å². The highest BCUT2D eigenvalue weighted by atomic mass is 79.9. The van der Waals surface area contributed by atoms with Crippen LogP contribution in [-0.2, 0) is 0 Å². The molecular weight excluding hydrogens is 392 g/mol. The molecule has 0 radical (unpaired) electrons. The largest absolute Gasteiger partial charge is 0.371 e. The van der Waals surface area contributed by atoms with Crippen molar-refractivity contribution in [1.29, 1.82) is 0 Å². The van der Waals surface area contributed by atoms with Gasteiger partial charge in [0.2, 0.25) is 0 Å². The summed E-state index contributed by atoms with van der Waals surface area (Å²) in [7, 11) is 0. The van der Waals surface area contributed by atoms with Gasteiger partial charge >= 0.3 is 16.9 Å².